The summed E-state index contributed by atoms with van der Waals surface area (Å²) in [5.41, 5.74) is 0.844. The topological polar surface area (TPSA) is 79.8 Å². The number of fused-ring (bicyclic) bond motifs is 1. The Balaban J connectivity index is 1.63. The molecule has 0 radical (unpaired) electrons. The Morgan fingerprint density at radius 1 is 1.43 bits per heavy atom. The molecule has 0 unspecified atom stereocenters. The average Bonchev–Trinajstić information content (AvgIpc) is 2.91. The minimum atomic E-state index is -0.454. The van der Waals surface area contributed by atoms with Gasteiger partial charge in [-0.2, -0.15) is 0 Å². The van der Waals surface area contributed by atoms with Gasteiger partial charge in [0.1, 0.15) is 13.2 Å². The molecule has 21 heavy (non-hydrogen) atoms. The van der Waals surface area contributed by atoms with Crippen molar-refractivity contribution in [2.75, 3.05) is 19.8 Å². The van der Waals surface area contributed by atoms with E-state index in [1.54, 1.807) is 6.07 Å². The number of β-amino-alcohol motifs (C(OH)–C–C–N with tert-alkyl or cyclic N) is 1. The lowest BCUT2D eigenvalue weighted by Gasteiger charge is -2.20. The number of amides is 1. The van der Waals surface area contributed by atoms with Gasteiger partial charge in [0.15, 0.2) is 11.5 Å². The van der Waals surface area contributed by atoms with Crippen LogP contribution in [0.3, 0.4) is 0 Å². The molecular weight excluding hydrogens is 296 g/mol. The third-order valence-corrected chi connectivity index (χ3v) is 3.83. The maximum atomic E-state index is 12.0. The Labute approximate surface area is 127 Å². The summed E-state index contributed by atoms with van der Waals surface area (Å²) < 4.78 is 10.9. The SMILES string of the molecule is O=C(NCc1cc(Cl)c2c(c1)OCCO2)[C@@H]1C[C@@H](O)CN1. The summed E-state index contributed by atoms with van der Waals surface area (Å²) in [5.74, 6) is 1.03. The van der Waals surface area contributed by atoms with Crippen LogP contribution in [0, 0.1) is 0 Å². The predicted molar refractivity (Wildman–Crippen MR) is 76.7 cm³/mol. The summed E-state index contributed by atoms with van der Waals surface area (Å²) in [4.78, 5) is 12.0. The summed E-state index contributed by atoms with van der Waals surface area (Å²) >= 11 is 6.15. The van der Waals surface area contributed by atoms with Gasteiger partial charge in [-0.25, -0.2) is 0 Å². The van der Waals surface area contributed by atoms with Crippen LogP contribution in [-0.2, 0) is 11.3 Å². The van der Waals surface area contributed by atoms with E-state index in [2.05, 4.69) is 10.6 Å². The van der Waals surface area contributed by atoms with E-state index in [-0.39, 0.29) is 11.9 Å². The van der Waals surface area contributed by atoms with Crippen LogP contribution < -0.4 is 20.1 Å². The highest BCUT2D eigenvalue weighted by atomic mass is 35.5. The van der Waals surface area contributed by atoms with Gasteiger partial charge in [-0.05, 0) is 24.1 Å². The number of carbonyl (C=O) groups excluding carboxylic acids is 1. The van der Waals surface area contributed by atoms with Crippen molar-refractivity contribution in [2.24, 2.45) is 0 Å². The Morgan fingerprint density at radius 3 is 3.00 bits per heavy atom. The number of aliphatic hydroxyl groups is 1. The molecule has 0 spiro atoms. The van der Waals surface area contributed by atoms with Crippen molar-refractivity contribution in [3.63, 3.8) is 0 Å². The van der Waals surface area contributed by atoms with Gasteiger partial charge < -0.3 is 25.2 Å². The first kappa shape index (κ1) is 14.4. The van der Waals surface area contributed by atoms with Gasteiger partial charge in [0.25, 0.3) is 0 Å². The molecular formula is C14H17ClN2O4. The first-order chi connectivity index (χ1) is 10.1. The van der Waals surface area contributed by atoms with Gasteiger partial charge >= 0.3 is 0 Å². The molecule has 2 aliphatic heterocycles. The van der Waals surface area contributed by atoms with Gasteiger partial charge in [-0.1, -0.05) is 11.6 Å². The van der Waals surface area contributed by atoms with Crippen LogP contribution in [0.4, 0.5) is 0 Å². The zero-order chi connectivity index (χ0) is 14.8. The van der Waals surface area contributed by atoms with E-state index in [9.17, 15) is 9.90 Å². The van der Waals surface area contributed by atoms with Crippen molar-refractivity contribution in [1.29, 1.82) is 0 Å². The molecule has 0 saturated carbocycles. The van der Waals surface area contributed by atoms with Crippen LogP contribution in [0.1, 0.15) is 12.0 Å². The molecule has 2 heterocycles. The molecule has 1 amide bonds. The number of carbonyl (C=O) groups is 1. The third kappa shape index (κ3) is 3.23. The Bertz CT molecular complexity index is 552. The highest BCUT2D eigenvalue weighted by molar-refractivity contribution is 6.32. The van der Waals surface area contributed by atoms with Gasteiger partial charge in [0.2, 0.25) is 5.91 Å². The monoisotopic (exact) mass is 312 g/mol. The predicted octanol–water partition coefficient (Wildman–Crippen LogP) is 0.450. The molecule has 114 valence electrons. The average molecular weight is 313 g/mol. The van der Waals surface area contributed by atoms with Gasteiger partial charge in [0.05, 0.1) is 17.2 Å². The summed E-state index contributed by atoms with van der Waals surface area (Å²) in [6.07, 6.45) is -0.0160. The number of benzene rings is 1. The Hall–Kier alpha value is -1.50. The first-order valence-corrected chi connectivity index (χ1v) is 7.28. The fraction of sp³-hybridized carbons (Fsp3) is 0.500. The largest absolute Gasteiger partial charge is 0.486 e. The van der Waals surface area contributed by atoms with Crippen LogP contribution in [0.2, 0.25) is 5.02 Å². The molecule has 3 N–H and O–H groups in total. The van der Waals surface area contributed by atoms with E-state index >= 15 is 0 Å². The quantitative estimate of drug-likeness (QED) is 0.755. The molecule has 1 aromatic rings. The first-order valence-electron chi connectivity index (χ1n) is 6.90. The Kier molecular flexibility index (Phi) is 4.19. The lowest BCUT2D eigenvalue weighted by atomic mass is 10.1. The van der Waals surface area contributed by atoms with E-state index in [0.717, 1.165) is 5.56 Å². The van der Waals surface area contributed by atoms with Gasteiger partial charge in [0, 0.05) is 13.1 Å². The smallest absolute Gasteiger partial charge is 0.237 e. The second-order valence-electron chi connectivity index (χ2n) is 5.17. The van der Waals surface area contributed by atoms with Gasteiger partial charge in [-0.15, -0.1) is 0 Å². The fourth-order valence-corrected chi connectivity index (χ4v) is 2.78. The van der Waals surface area contributed by atoms with Crippen molar-refractivity contribution in [1.82, 2.24) is 10.6 Å². The van der Waals surface area contributed by atoms with Crippen molar-refractivity contribution in [3.05, 3.63) is 22.7 Å². The van der Waals surface area contributed by atoms with E-state index < -0.39 is 6.10 Å². The molecule has 3 rings (SSSR count). The Morgan fingerprint density at radius 2 is 2.24 bits per heavy atom. The fourth-order valence-electron chi connectivity index (χ4n) is 2.50. The van der Waals surface area contributed by atoms with Crippen LogP contribution in [0.25, 0.3) is 0 Å². The standard InChI is InChI=1S/C14H17ClN2O4/c15-10-3-8(4-12-13(10)21-2-1-20-12)6-17-14(19)11-5-9(18)7-16-11/h3-4,9,11,16,18H,1-2,5-7H2,(H,17,19)/t9-,11+/m1/s1. The number of ether oxygens (including phenoxy) is 2. The summed E-state index contributed by atoms with van der Waals surface area (Å²) in [6, 6.07) is 3.23. The van der Waals surface area contributed by atoms with Gasteiger partial charge in [-0.3, -0.25) is 4.79 Å². The van der Waals surface area contributed by atoms with E-state index in [1.807, 2.05) is 6.07 Å². The second-order valence-corrected chi connectivity index (χ2v) is 5.58. The number of rotatable bonds is 3. The number of hydrogen-bond acceptors (Lipinski definition) is 5. The lowest BCUT2D eigenvalue weighted by molar-refractivity contribution is -0.123. The summed E-state index contributed by atoms with van der Waals surface area (Å²) in [5, 5.41) is 15.7. The molecule has 2 atom stereocenters. The number of nitrogens with one attached hydrogen (secondary N) is 2. The van der Waals surface area contributed by atoms with Crippen LogP contribution in [0.5, 0.6) is 11.5 Å². The molecule has 0 bridgehead atoms. The van der Waals surface area contributed by atoms with E-state index in [4.69, 9.17) is 21.1 Å². The molecule has 2 aliphatic rings. The molecule has 1 fully saturated rings. The van der Waals surface area contributed by atoms with Crippen LogP contribution in [0.15, 0.2) is 12.1 Å². The maximum absolute atomic E-state index is 12.0. The number of halogens is 1. The summed E-state index contributed by atoms with van der Waals surface area (Å²) in [6.45, 7) is 1.78. The molecule has 6 nitrogen and oxygen atoms in total. The minimum Gasteiger partial charge on any atom is -0.486 e. The highest BCUT2D eigenvalue weighted by Crippen LogP contribution is 2.38. The number of aliphatic hydroxyl groups excluding tert-OH is 1. The zero-order valence-corrected chi connectivity index (χ0v) is 12.2. The number of hydrogen-bond donors (Lipinski definition) is 3. The molecule has 1 aromatic carbocycles. The zero-order valence-electron chi connectivity index (χ0n) is 11.4. The van der Waals surface area contributed by atoms with Crippen molar-refractivity contribution in [2.45, 2.75) is 25.1 Å². The minimum absolute atomic E-state index is 0.127. The maximum Gasteiger partial charge on any atom is 0.237 e. The molecule has 0 aliphatic carbocycles. The van der Waals surface area contributed by atoms with Crippen molar-refractivity contribution >= 4 is 17.5 Å². The highest BCUT2D eigenvalue weighted by Gasteiger charge is 2.27. The van der Waals surface area contributed by atoms with Crippen molar-refractivity contribution < 1.29 is 19.4 Å². The van der Waals surface area contributed by atoms with Crippen LogP contribution in [-0.4, -0.2) is 42.9 Å². The van der Waals surface area contributed by atoms with Crippen molar-refractivity contribution in [3.8, 4) is 11.5 Å². The molecule has 0 aromatic heterocycles. The normalized spacial score (nSPS) is 23.9. The van der Waals surface area contributed by atoms with E-state index in [0.29, 0.717) is 49.2 Å². The molecule has 1 saturated heterocycles. The third-order valence-electron chi connectivity index (χ3n) is 3.55. The second kappa shape index (κ2) is 6.09. The van der Waals surface area contributed by atoms with Crippen LogP contribution >= 0.6 is 11.6 Å². The summed E-state index contributed by atoms with van der Waals surface area (Å²) in [7, 11) is 0. The molecule has 7 heteroatoms. The lowest BCUT2D eigenvalue weighted by Crippen LogP contribution is -2.40. The van der Waals surface area contributed by atoms with E-state index in [1.165, 1.54) is 0 Å².